The van der Waals surface area contributed by atoms with Gasteiger partial charge in [-0.3, -0.25) is 4.79 Å². The van der Waals surface area contributed by atoms with Gasteiger partial charge in [0.05, 0.1) is 17.6 Å². The number of piperidine rings is 1. The van der Waals surface area contributed by atoms with E-state index in [0.29, 0.717) is 44.5 Å². The third kappa shape index (κ3) is 11.9. The Morgan fingerprint density at radius 1 is 1.11 bits per heavy atom. The lowest BCUT2D eigenvalue weighted by Crippen LogP contribution is -2.53. The third-order valence-corrected chi connectivity index (χ3v) is 8.10. The van der Waals surface area contributed by atoms with Crippen molar-refractivity contribution in [1.82, 2.24) is 14.9 Å². The first kappa shape index (κ1) is 33.6. The van der Waals surface area contributed by atoms with Crippen molar-refractivity contribution in [2.75, 3.05) is 37.9 Å². The summed E-state index contributed by atoms with van der Waals surface area (Å²) >= 11 is 0. The van der Waals surface area contributed by atoms with E-state index in [1.807, 2.05) is 13.8 Å². The van der Waals surface area contributed by atoms with Gasteiger partial charge in [0.15, 0.2) is 0 Å². The number of hydrogen-bond acceptors (Lipinski definition) is 6. The predicted octanol–water partition coefficient (Wildman–Crippen LogP) is 2.48. The molecule has 3 atom stereocenters. The second-order valence-corrected chi connectivity index (χ2v) is 13.8. The van der Waals surface area contributed by atoms with Crippen LogP contribution in [0.4, 0.5) is 13.2 Å². The summed E-state index contributed by atoms with van der Waals surface area (Å²) in [7, 11) is -7.37. The van der Waals surface area contributed by atoms with Crippen LogP contribution in [0.3, 0.4) is 0 Å². The first-order chi connectivity index (χ1) is 16.4. The molecule has 1 aromatic carbocycles. The minimum Gasteiger partial charge on any atom is -0.341 e. The number of amides is 1. The molecule has 37 heavy (non-hydrogen) atoms. The molecule has 14 heteroatoms. The monoisotopic (exact) mass is 591 g/mol. The first-order valence-corrected chi connectivity index (χ1v) is 15.7. The van der Waals surface area contributed by atoms with Crippen LogP contribution in [0, 0.1) is 11.8 Å². The molecule has 0 spiro atoms. The Morgan fingerprint density at radius 2 is 1.70 bits per heavy atom. The molecule has 2 N–H and O–H groups in total. The molecular formula is C23H37ClF3N3O5S2. The summed E-state index contributed by atoms with van der Waals surface area (Å²) in [5.74, 6) is -0.815. The van der Waals surface area contributed by atoms with Crippen LogP contribution in [-0.2, 0) is 37.3 Å². The molecule has 0 radical (unpaired) electrons. The summed E-state index contributed by atoms with van der Waals surface area (Å²) in [6.45, 7) is 5.40. The van der Waals surface area contributed by atoms with E-state index in [-0.39, 0.29) is 30.3 Å². The zero-order valence-corrected chi connectivity index (χ0v) is 23.9. The number of likely N-dealkylation sites (tertiary alicyclic amines) is 1. The van der Waals surface area contributed by atoms with E-state index >= 15 is 0 Å². The van der Waals surface area contributed by atoms with E-state index in [9.17, 15) is 34.8 Å². The highest BCUT2D eigenvalue weighted by atomic mass is 35.5. The van der Waals surface area contributed by atoms with Crippen LogP contribution in [0.2, 0.25) is 0 Å². The van der Waals surface area contributed by atoms with Crippen molar-refractivity contribution in [2.24, 2.45) is 11.8 Å². The van der Waals surface area contributed by atoms with Crippen molar-refractivity contribution in [2.45, 2.75) is 51.4 Å². The number of benzene rings is 1. The number of alkyl halides is 3. The van der Waals surface area contributed by atoms with Gasteiger partial charge < -0.3 is 10.2 Å². The van der Waals surface area contributed by atoms with Crippen LogP contribution in [-0.4, -0.2) is 77.6 Å². The molecule has 1 saturated heterocycles. The molecule has 1 aromatic rings. The fourth-order valence-corrected chi connectivity index (χ4v) is 5.91. The molecule has 1 aliphatic heterocycles. The van der Waals surface area contributed by atoms with E-state index in [4.69, 9.17) is 0 Å². The Morgan fingerprint density at radius 3 is 2.22 bits per heavy atom. The van der Waals surface area contributed by atoms with E-state index < -0.39 is 49.3 Å². The summed E-state index contributed by atoms with van der Waals surface area (Å²) < 4.78 is 87.6. The zero-order chi connectivity index (χ0) is 27.3. The number of hydrogen-bond donors (Lipinski definition) is 2. The molecule has 8 nitrogen and oxygen atoms in total. The Labute approximate surface area is 224 Å². The van der Waals surface area contributed by atoms with Gasteiger partial charge in [-0.25, -0.2) is 21.6 Å². The lowest BCUT2D eigenvalue weighted by Gasteiger charge is -2.35. The number of nitrogens with zero attached hydrogens (tertiary/aromatic N) is 1. The van der Waals surface area contributed by atoms with Gasteiger partial charge in [-0.15, -0.1) is 12.4 Å². The quantitative estimate of drug-likeness (QED) is 0.409. The Hall–Kier alpha value is -1.41. The SMILES string of the molecule is CC(Cc1cccc(C(F)(F)F)c1)C(C)NCC1CCN(C(=O)C(CS(C)(=O)=O)NS(C)(=O)=O)CC1.Cl. The molecule has 1 heterocycles. The number of carbonyl (C=O) groups is 1. The third-order valence-electron chi connectivity index (χ3n) is 6.44. The van der Waals surface area contributed by atoms with E-state index in [0.717, 1.165) is 18.6 Å². The van der Waals surface area contributed by atoms with Crippen molar-refractivity contribution in [3.8, 4) is 0 Å². The zero-order valence-electron chi connectivity index (χ0n) is 21.4. The van der Waals surface area contributed by atoms with E-state index in [1.165, 1.54) is 17.0 Å². The molecule has 214 valence electrons. The second kappa shape index (κ2) is 13.6. The van der Waals surface area contributed by atoms with Gasteiger partial charge in [-0.2, -0.15) is 13.2 Å². The summed E-state index contributed by atoms with van der Waals surface area (Å²) in [5.41, 5.74) is -0.0243. The molecule has 1 aliphatic rings. The van der Waals surface area contributed by atoms with E-state index in [2.05, 4.69) is 10.0 Å². The molecule has 2 rings (SSSR count). The smallest absolute Gasteiger partial charge is 0.341 e. The molecule has 0 saturated carbocycles. The second-order valence-electron chi connectivity index (χ2n) is 9.88. The minimum atomic E-state index is -4.37. The average Bonchev–Trinajstić information content (AvgIpc) is 2.74. The van der Waals surface area contributed by atoms with Gasteiger partial charge in [0.2, 0.25) is 15.9 Å². The van der Waals surface area contributed by atoms with Gasteiger partial charge in [-0.05, 0) is 56.2 Å². The number of nitrogens with one attached hydrogen (secondary N) is 2. The van der Waals surface area contributed by atoms with Gasteiger partial charge in [0.1, 0.15) is 15.9 Å². The summed E-state index contributed by atoms with van der Waals surface area (Å²) in [4.78, 5) is 14.3. The van der Waals surface area contributed by atoms with Crippen LogP contribution in [0.5, 0.6) is 0 Å². The molecule has 1 amide bonds. The Kier molecular flexibility index (Phi) is 12.3. The molecular weight excluding hydrogens is 555 g/mol. The lowest BCUT2D eigenvalue weighted by molar-refractivity contribution is -0.137. The number of halogens is 4. The van der Waals surface area contributed by atoms with Gasteiger partial charge in [0.25, 0.3) is 0 Å². The fourth-order valence-electron chi connectivity index (χ4n) is 4.27. The minimum absolute atomic E-state index is 0. The van der Waals surface area contributed by atoms with Crippen LogP contribution in [0.1, 0.15) is 37.8 Å². The van der Waals surface area contributed by atoms with Crippen LogP contribution in [0.15, 0.2) is 24.3 Å². The maximum absolute atomic E-state index is 13.0. The van der Waals surface area contributed by atoms with Crippen molar-refractivity contribution >= 4 is 38.2 Å². The van der Waals surface area contributed by atoms with Crippen molar-refractivity contribution < 1.29 is 34.8 Å². The maximum atomic E-state index is 13.0. The van der Waals surface area contributed by atoms with E-state index in [1.54, 1.807) is 6.07 Å². The van der Waals surface area contributed by atoms with Crippen LogP contribution >= 0.6 is 12.4 Å². The van der Waals surface area contributed by atoms with Gasteiger partial charge in [-0.1, -0.05) is 25.1 Å². The summed E-state index contributed by atoms with van der Waals surface area (Å²) in [5, 5.41) is 3.45. The van der Waals surface area contributed by atoms with Gasteiger partial charge in [0, 0.05) is 25.4 Å². The number of carbonyl (C=O) groups excluding carboxylic acids is 1. The summed E-state index contributed by atoms with van der Waals surface area (Å²) in [6.07, 6.45) is -0.714. The Bertz CT molecular complexity index is 1070. The van der Waals surface area contributed by atoms with Crippen molar-refractivity contribution in [3.05, 3.63) is 35.4 Å². The van der Waals surface area contributed by atoms with Crippen molar-refractivity contribution in [3.63, 3.8) is 0 Å². The lowest BCUT2D eigenvalue weighted by atomic mass is 9.92. The highest BCUT2D eigenvalue weighted by molar-refractivity contribution is 7.91. The van der Waals surface area contributed by atoms with Crippen molar-refractivity contribution in [1.29, 1.82) is 0 Å². The number of rotatable bonds is 11. The molecule has 1 fully saturated rings. The average molecular weight is 592 g/mol. The standard InChI is InChI=1S/C23H36F3N3O5S2.ClH/c1-16(12-19-6-5-7-20(13-19)23(24,25)26)17(2)27-14-18-8-10-29(11-9-18)22(30)21(15-35(3,31)32)28-36(4,33)34;/h5-7,13,16-18,21,27-28H,8-12,14-15H2,1-4H3;1H. The normalized spacial score (nSPS) is 18.1. The number of sulfonamides is 1. The highest BCUT2D eigenvalue weighted by Crippen LogP contribution is 2.30. The maximum Gasteiger partial charge on any atom is 0.416 e. The molecule has 0 bridgehead atoms. The largest absolute Gasteiger partial charge is 0.416 e. The number of sulfone groups is 1. The highest BCUT2D eigenvalue weighted by Gasteiger charge is 2.33. The van der Waals surface area contributed by atoms with Crippen LogP contribution < -0.4 is 10.0 Å². The van der Waals surface area contributed by atoms with Crippen LogP contribution in [0.25, 0.3) is 0 Å². The molecule has 0 aromatic heterocycles. The Balaban J connectivity index is 0.00000684. The topological polar surface area (TPSA) is 113 Å². The first-order valence-electron chi connectivity index (χ1n) is 11.8. The fraction of sp³-hybridized carbons (Fsp3) is 0.696. The predicted molar refractivity (Wildman–Crippen MR) is 140 cm³/mol. The van der Waals surface area contributed by atoms with Gasteiger partial charge >= 0.3 is 6.18 Å². The molecule has 0 aliphatic carbocycles. The summed E-state index contributed by atoms with van der Waals surface area (Å²) in [6, 6.07) is 4.06. The molecule has 3 unspecified atom stereocenters.